The minimum Gasteiger partial charge on any atom is -0.347 e. The fourth-order valence-corrected chi connectivity index (χ4v) is 2.35. The first kappa shape index (κ1) is 14.5. The van der Waals surface area contributed by atoms with Gasteiger partial charge in [-0.1, -0.05) is 30.3 Å². The predicted molar refractivity (Wildman–Crippen MR) is 81.4 cm³/mol. The summed E-state index contributed by atoms with van der Waals surface area (Å²) in [5, 5.41) is 0. The van der Waals surface area contributed by atoms with Crippen molar-refractivity contribution >= 4 is 28.9 Å². The molecule has 1 heterocycles. The van der Waals surface area contributed by atoms with Crippen LogP contribution in [-0.2, 0) is 11.2 Å². The number of rotatable bonds is 6. The van der Waals surface area contributed by atoms with Crippen molar-refractivity contribution in [3.05, 3.63) is 35.9 Å². The Morgan fingerprint density at radius 1 is 1.24 bits per heavy atom. The summed E-state index contributed by atoms with van der Waals surface area (Å²) in [6.07, 6.45) is 5.37. The van der Waals surface area contributed by atoms with Crippen LogP contribution in [0.5, 0.6) is 0 Å². The van der Waals surface area contributed by atoms with E-state index in [4.69, 9.17) is 4.74 Å². The third kappa shape index (κ3) is 5.52. The van der Waals surface area contributed by atoms with Gasteiger partial charge in [-0.3, -0.25) is 4.99 Å². The van der Waals surface area contributed by atoms with Gasteiger partial charge in [-0.05, 0) is 35.8 Å². The summed E-state index contributed by atoms with van der Waals surface area (Å²) >= 11 is 1.75. The summed E-state index contributed by atoms with van der Waals surface area (Å²) in [5.41, 5.74) is 1.48. The highest BCUT2D eigenvalue weighted by atomic mass is 32.2. The number of unbranched alkanes of at least 4 members (excludes halogenated alkanes) is 1. The molecule has 17 heavy (non-hydrogen) atoms. The van der Waals surface area contributed by atoms with Crippen molar-refractivity contribution in [2.75, 3.05) is 12.4 Å². The van der Waals surface area contributed by atoms with Crippen LogP contribution >= 0.6 is 11.8 Å². The summed E-state index contributed by atoms with van der Waals surface area (Å²) < 4.78 is 5.61. The number of nitrogens with zero attached hydrogens (tertiary/aromatic N) is 1. The van der Waals surface area contributed by atoms with Gasteiger partial charge in [0.05, 0.1) is 6.61 Å². The maximum absolute atomic E-state index is 5.61. The molecule has 1 unspecified atom stereocenters. The molecule has 1 aliphatic rings. The van der Waals surface area contributed by atoms with Gasteiger partial charge in [0.15, 0.2) is 5.56 Å². The molecule has 4 heteroatoms. The highest BCUT2D eigenvalue weighted by Crippen LogP contribution is 2.18. The van der Waals surface area contributed by atoms with Gasteiger partial charge in [-0.25, -0.2) is 0 Å². The van der Waals surface area contributed by atoms with Crippen LogP contribution in [0.25, 0.3) is 0 Å². The van der Waals surface area contributed by atoms with Crippen molar-refractivity contribution in [2.24, 2.45) is 4.99 Å². The molecule has 1 aromatic carbocycles. The minimum absolute atomic E-state index is 0. The Hall–Kier alpha value is -0.583. The van der Waals surface area contributed by atoms with Crippen LogP contribution in [0.2, 0.25) is 0 Å². The quantitative estimate of drug-likeness (QED) is 0.578. The number of aryl methyl sites for hydroxylation is 1. The zero-order chi connectivity index (χ0) is 11.1. The van der Waals surface area contributed by atoms with Crippen LogP contribution in [-0.4, -0.2) is 35.1 Å². The number of thioether (sulfide) groups is 1. The zero-order valence-corrected chi connectivity index (χ0v) is 10.2. The minimum atomic E-state index is 0. The Morgan fingerprint density at radius 2 is 2.06 bits per heavy atom. The van der Waals surface area contributed by atoms with Gasteiger partial charge >= 0.3 is 0 Å². The molecule has 1 aliphatic heterocycles. The lowest BCUT2D eigenvalue weighted by atomic mass is 10.1. The van der Waals surface area contributed by atoms with E-state index in [1.807, 2.05) is 6.21 Å². The molecule has 0 spiro atoms. The highest BCUT2D eigenvalue weighted by Gasteiger charge is 2.09. The molecule has 0 amide bonds. The normalized spacial score (nSPS) is 18.0. The van der Waals surface area contributed by atoms with Crippen molar-refractivity contribution in [1.82, 2.24) is 0 Å². The number of hydrogen-bond donors (Lipinski definition) is 0. The van der Waals surface area contributed by atoms with Crippen LogP contribution in [0.15, 0.2) is 35.3 Å². The van der Waals surface area contributed by atoms with Gasteiger partial charge in [0.1, 0.15) is 0 Å². The van der Waals surface area contributed by atoms with Crippen LogP contribution < -0.4 is 0 Å². The molecule has 1 atom stereocenters. The highest BCUT2D eigenvalue weighted by molar-refractivity contribution is 8.00. The lowest BCUT2D eigenvalue weighted by Gasteiger charge is -2.07. The van der Waals surface area contributed by atoms with Crippen molar-refractivity contribution < 1.29 is 4.74 Å². The number of ether oxygens (including phenoxy) is 1. The molecule has 94 valence electrons. The van der Waals surface area contributed by atoms with Crippen LogP contribution in [0.3, 0.4) is 0 Å². The summed E-state index contributed by atoms with van der Waals surface area (Å²) in [5.74, 6) is 0.995. The molecule has 1 aromatic rings. The van der Waals surface area contributed by atoms with Gasteiger partial charge in [-0.2, -0.15) is 0 Å². The number of hydrogen-bond acceptors (Lipinski definition) is 3. The first-order valence-corrected chi connectivity index (χ1v) is 6.79. The van der Waals surface area contributed by atoms with E-state index in [1.165, 1.54) is 12.0 Å². The summed E-state index contributed by atoms with van der Waals surface area (Å²) in [7, 11) is 0. The Balaban J connectivity index is 0.00000144. The average molecular weight is 267 g/mol. The lowest BCUT2D eigenvalue weighted by Crippen LogP contribution is -2.04. The van der Waals surface area contributed by atoms with E-state index >= 15 is 0 Å². The molecule has 0 N–H and O–H groups in total. The molecule has 0 bridgehead atoms. The second-order valence-corrected chi connectivity index (χ2v) is 4.86. The maximum Gasteiger partial charge on any atom is 0.196 e. The summed E-state index contributed by atoms with van der Waals surface area (Å²) in [6, 6.07) is 10.6. The monoisotopic (exact) mass is 267 g/mol. The van der Waals surface area contributed by atoms with Gasteiger partial charge in [0.25, 0.3) is 0 Å². The molecular weight excluding hydrogens is 246 g/mol. The number of benzene rings is 1. The summed E-state index contributed by atoms with van der Waals surface area (Å²) in [4.78, 5) is 4.21. The molecule has 0 fully saturated rings. The third-order valence-corrected chi connectivity index (χ3v) is 3.39. The van der Waals surface area contributed by atoms with E-state index in [1.54, 1.807) is 11.8 Å². The smallest absolute Gasteiger partial charge is 0.196 e. The molecule has 0 aromatic heterocycles. The van der Waals surface area contributed by atoms with E-state index in [2.05, 4.69) is 35.3 Å². The average Bonchev–Trinajstić information content (AvgIpc) is 2.83. The molecule has 0 radical (unpaired) electrons. The second-order valence-electron chi connectivity index (χ2n) is 3.79. The van der Waals surface area contributed by atoms with E-state index in [0.29, 0.717) is 0 Å². The Bertz CT molecular complexity index is 331. The van der Waals surface area contributed by atoms with Crippen LogP contribution in [0.1, 0.15) is 18.4 Å². The lowest BCUT2D eigenvalue weighted by molar-refractivity contribution is 0.116. The maximum atomic E-state index is 5.61. The second kappa shape index (κ2) is 8.50. The largest absolute Gasteiger partial charge is 0.347 e. The van der Waals surface area contributed by atoms with Gasteiger partial charge < -0.3 is 4.74 Å². The molecule has 0 saturated carbocycles. The van der Waals surface area contributed by atoms with Crippen molar-refractivity contribution in [3.63, 3.8) is 0 Å². The Morgan fingerprint density at radius 3 is 2.76 bits per heavy atom. The topological polar surface area (TPSA) is 21.6 Å². The van der Waals surface area contributed by atoms with E-state index in [0.717, 1.165) is 25.2 Å². The Kier molecular flexibility index (Phi) is 7.24. The first-order valence-electron chi connectivity index (χ1n) is 5.74. The molecule has 2 nitrogen and oxygen atoms in total. The zero-order valence-electron chi connectivity index (χ0n) is 9.34. The van der Waals surface area contributed by atoms with Gasteiger partial charge in [0.2, 0.25) is 0 Å². The third-order valence-electron chi connectivity index (χ3n) is 2.50. The summed E-state index contributed by atoms with van der Waals surface area (Å²) in [6.45, 7) is 0.821. The first-order chi connectivity index (χ1) is 7.95. The Labute approximate surface area is 112 Å². The standard InChI is InChI=1S/C13H17NOS.H4Si/c1-2-6-12(7-3-1)8-4-5-10-15-13-14-9-11-16-13;/h1-3,6-7,9,13H,4-5,8,10-11H2;1H4. The van der Waals surface area contributed by atoms with Crippen molar-refractivity contribution in [2.45, 2.75) is 24.8 Å². The fourth-order valence-electron chi connectivity index (χ4n) is 1.65. The number of aliphatic imine (C=N–C) groups is 1. The van der Waals surface area contributed by atoms with E-state index in [9.17, 15) is 0 Å². The van der Waals surface area contributed by atoms with Crippen molar-refractivity contribution in [1.29, 1.82) is 0 Å². The molecule has 0 saturated heterocycles. The van der Waals surface area contributed by atoms with Gasteiger partial charge in [-0.15, -0.1) is 11.8 Å². The van der Waals surface area contributed by atoms with Gasteiger partial charge in [0, 0.05) is 12.0 Å². The van der Waals surface area contributed by atoms with E-state index < -0.39 is 0 Å². The van der Waals surface area contributed by atoms with Crippen LogP contribution in [0, 0.1) is 0 Å². The molecular formula is C13H21NOSSi. The molecule has 2 rings (SSSR count). The predicted octanol–water partition coefficient (Wildman–Crippen LogP) is 1.68. The van der Waals surface area contributed by atoms with E-state index in [-0.39, 0.29) is 16.5 Å². The molecule has 0 aliphatic carbocycles. The van der Waals surface area contributed by atoms with Crippen molar-refractivity contribution in [3.8, 4) is 0 Å². The SMILES string of the molecule is C1=NC(OCCCCc2ccccc2)SC1.[SiH4]. The van der Waals surface area contributed by atoms with Crippen LogP contribution in [0.4, 0.5) is 0 Å². The fraction of sp³-hybridized carbons (Fsp3) is 0.462.